The molecule has 4 atom stereocenters. The van der Waals surface area contributed by atoms with E-state index in [1.54, 1.807) is 17.9 Å². The van der Waals surface area contributed by atoms with E-state index in [4.69, 9.17) is 24.2 Å². The van der Waals surface area contributed by atoms with Gasteiger partial charge in [-0.3, -0.25) is 9.88 Å². The number of phenolic OH excluding ortho intramolecular Hbond substituents is 1. The van der Waals surface area contributed by atoms with Crippen molar-refractivity contribution in [2.75, 3.05) is 57.6 Å². The van der Waals surface area contributed by atoms with Crippen molar-refractivity contribution in [2.24, 2.45) is 10.8 Å². The lowest BCUT2D eigenvalue weighted by molar-refractivity contribution is -0.0813. The number of piperidine rings is 1. The summed E-state index contributed by atoms with van der Waals surface area (Å²) in [6.45, 7) is 6.66. The lowest BCUT2D eigenvalue weighted by atomic mass is 9.63. The minimum atomic E-state index is -1.30. The zero-order valence-electron chi connectivity index (χ0n) is 31.7. The smallest absolute Gasteiger partial charge is 0.319 e. The fourth-order valence-corrected chi connectivity index (χ4v) is 10.7. The number of nitrogens with zero attached hydrogens (tertiary/aromatic N) is 5. The number of phenols is 1. The number of halogens is 2. The van der Waals surface area contributed by atoms with Gasteiger partial charge < -0.3 is 34.4 Å². The number of rotatable bonds is 8. The molecule has 3 saturated heterocycles. The number of aromatic nitrogens is 3. The van der Waals surface area contributed by atoms with Gasteiger partial charge in [0.05, 0.1) is 44.5 Å². The van der Waals surface area contributed by atoms with Crippen LogP contribution in [0.2, 0.25) is 0 Å². The molecule has 4 aromatic rings. The summed E-state index contributed by atoms with van der Waals surface area (Å²) in [5, 5.41) is 33.4. The second-order valence-electron chi connectivity index (χ2n) is 17.2. The van der Waals surface area contributed by atoms with Gasteiger partial charge in [0.1, 0.15) is 34.2 Å². The molecule has 13 heteroatoms. The van der Waals surface area contributed by atoms with E-state index in [0.717, 1.165) is 58.3 Å². The van der Waals surface area contributed by atoms with Gasteiger partial charge in [-0.2, -0.15) is 9.97 Å². The minimum Gasteiger partial charge on any atom is -0.508 e. The van der Waals surface area contributed by atoms with Gasteiger partial charge in [0.2, 0.25) is 0 Å². The topological polar surface area (TPSA) is 134 Å². The summed E-state index contributed by atoms with van der Waals surface area (Å²) in [5.41, 5.74) is -0.543. The predicted octanol–water partition coefficient (Wildman–Crippen LogP) is 5.92. The number of anilines is 1. The van der Waals surface area contributed by atoms with E-state index in [9.17, 15) is 15.3 Å². The van der Waals surface area contributed by atoms with E-state index < -0.39 is 23.3 Å². The maximum Gasteiger partial charge on any atom is 0.319 e. The van der Waals surface area contributed by atoms with Crippen LogP contribution in [0.3, 0.4) is 0 Å². The normalized spacial score (nSPS) is 31.2. The molecular weight excluding hydrogens is 708 g/mol. The molecule has 2 aromatic carbocycles. The molecule has 0 radical (unpaired) electrons. The number of aryl methyl sites for hydroxylation is 1. The van der Waals surface area contributed by atoms with E-state index in [1.165, 1.54) is 37.2 Å². The largest absolute Gasteiger partial charge is 0.508 e. The highest BCUT2D eigenvalue weighted by Crippen LogP contribution is 2.55. The van der Waals surface area contributed by atoms with Crippen LogP contribution in [-0.4, -0.2) is 112 Å². The fraction of sp³-hybridized carbons (Fsp3) is 0.595. The van der Waals surface area contributed by atoms with Crippen LogP contribution in [0.4, 0.5) is 14.6 Å². The summed E-state index contributed by atoms with van der Waals surface area (Å²) in [5.74, 6) is -0.997. The number of hydrogen-bond acceptors (Lipinski definition) is 11. The number of aliphatic hydroxyl groups is 2. The Labute approximate surface area is 319 Å². The van der Waals surface area contributed by atoms with Crippen LogP contribution in [0.15, 0.2) is 30.5 Å². The number of benzene rings is 2. The van der Waals surface area contributed by atoms with E-state index in [-0.39, 0.29) is 65.6 Å². The molecule has 5 heterocycles. The zero-order chi connectivity index (χ0) is 38.1. The first-order valence-corrected chi connectivity index (χ1v) is 20.0. The van der Waals surface area contributed by atoms with E-state index in [1.807, 2.05) is 6.92 Å². The van der Waals surface area contributed by atoms with Gasteiger partial charge in [-0.05, 0) is 105 Å². The number of β-amino-alcohol motifs (C(OH)–C–C–N with tert-alkyl or cyclic N) is 1. The van der Waals surface area contributed by atoms with Crippen LogP contribution >= 0.6 is 0 Å². The fourth-order valence-electron chi connectivity index (χ4n) is 10.7. The quantitative estimate of drug-likeness (QED) is 0.198. The molecule has 5 fully saturated rings. The van der Waals surface area contributed by atoms with Gasteiger partial charge in [0.25, 0.3) is 0 Å². The standard InChI is InChI=1S/C42H51F2N5O6/c1-3-29-32(43)8-7-25-14-27(51)15-30(34(25)29)36-35(44)37-31(18-45-36)38(48-19-28(20-50)54-22-40(2,52)21-48)47-39(46-37)55-24-42-9-4-6-33(42)49(12-5-10-42)26-16-41(17-26)11-13-53-23-41/h7-8,14-15,18,26,28,33,50-52H,3-6,9-13,16-17,19-24H2,1-2H3/t26?,28-,33-,40+,41?,42-/m1/s1. The molecule has 3 N–H and O–H groups in total. The number of likely N-dealkylation sites (tertiary alicyclic amines) is 1. The third-order valence-corrected chi connectivity index (χ3v) is 13.3. The molecule has 3 aliphatic heterocycles. The predicted molar refractivity (Wildman–Crippen MR) is 203 cm³/mol. The third kappa shape index (κ3) is 6.49. The second-order valence-corrected chi connectivity index (χ2v) is 17.2. The van der Waals surface area contributed by atoms with Gasteiger partial charge in [-0.25, -0.2) is 8.78 Å². The molecule has 55 heavy (non-hydrogen) atoms. The van der Waals surface area contributed by atoms with Crippen LogP contribution in [0.5, 0.6) is 11.8 Å². The molecule has 11 nitrogen and oxygen atoms in total. The van der Waals surface area contributed by atoms with Crippen LogP contribution < -0.4 is 9.64 Å². The number of fused-ring (bicyclic) bond motifs is 3. The summed E-state index contributed by atoms with van der Waals surface area (Å²) < 4.78 is 50.6. The molecule has 2 saturated carbocycles. The number of pyridine rings is 1. The van der Waals surface area contributed by atoms with E-state index in [2.05, 4.69) is 9.88 Å². The van der Waals surface area contributed by atoms with Crippen molar-refractivity contribution < 1.29 is 38.3 Å². The molecule has 0 bridgehead atoms. The Morgan fingerprint density at radius 1 is 1.07 bits per heavy atom. The lowest BCUT2D eigenvalue weighted by Gasteiger charge is -2.56. The van der Waals surface area contributed by atoms with Gasteiger partial charge in [-0.1, -0.05) is 19.4 Å². The Morgan fingerprint density at radius 2 is 1.91 bits per heavy atom. The average molecular weight is 760 g/mol. The second kappa shape index (κ2) is 14.0. The highest BCUT2D eigenvalue weighted by Gasteiger charge is 2.55. The average Bonchev–Trinajstić information content (AvgIpc) is 3.80. The third-order valence-electron chi connectivity index (χ3n) is 13.3. The van der Waals surface area contributed by atoms with Gasteiger partial charge in [-0.15, -0.1) is 0 Å². The number of aliphatic hydroxyl groups excluding tert-OH is 1. The SMILES string of the molecule is CCc1c(F)ccc2cc(O)cc(-c3ncc4c(N5C[C@H](CO)OC[C@@](C)(O)C5)nc(OC[C@]56CCC[C@H]5N(C5CC7(CCOC7)C5)CCC6)nc4c3F)c12. The number of ether oxygens (including phenoxy) is 3. The van der Waals surface area contributed by atoms with Crippen LogP contribution in [0.25, 0.3) is 32.9 Å². The van der Waals surface area contributed by atoms with Crippen molar-refractivity contribution in [3.05, 3.63) is 47.7 Å². The lowest BCUT2D eigenvalue weighted by Crippen LogP contribution is -2.60. The van der Waals surface area contributed by atoms with Crippen molar-refractivity contribution in [1.29, 1.82) is 0 Å². The first-order chi connectivity index (χ1) is 26.5. The maximum atomic E-state index is 17.2. The van der Waals surface area contributed by atoms with Crippen molar-refractivity contribution >= 4 is 27.5 Å². The molecule has 1 spiro atoms. The molecule has 5 aliphatic rings. The van der Waals surface area contributed by atoms with Crippen molar-refractivity contribution in [1.82, 2.24) is 19.9 Å². The summed E-state index contributed by atoms with van der Waals surface area (Å²) in [6.07, 6.45) is 10.1. The first-order valence-electron chi connectivity index (χ1n) is 20.0. The molecule has 294 valence electrons. The van der Waals surface area contributed by atoms with Crippen molar-refractivity contribution in [3.8, 4) is 23.0 Å². The first kappa shape index (κ1) is 36.9. The Balaban J connectivity index is 1.12. The molecule has 0 unspecified atom stereocenters. The monoisotopic (exact) mass is 759 g/mol. The molecule has 0 amide bonds. The highest BCUT2D eigenvalue weighted by atomic mass is 19.1. The van der Waals surface area contributed by atoms with Crippen LogP contribution in [0.1, 0.15) is 70.8 Å². The summed E-state index contributed by atoms with van der Waals surface area (Å²) in [4.78, 5) is 18.7. The van der Waals surface area contributed by atoms with Gasteiger partial charge >= 0.3 is 6.01 Å². The molecular formula is C42H51F2N5O6. The molecule has 2 aliphatic carbocycles. The maximum absolute atomic E-state index is 17.2. The van der Waals surface area contributed by atoms with Gasteiger partial charge in [0, 0.05) is 42.4 Å². The number of aromatic hydroxyl groups is 1. The summed E-state index contributed by atoms with van der Waals surface area (Å²) in [6, 6.07) is 6.80. The Morgan fingerprint density at radius 3 is 2.69 bits per heavy atom. The Bertz CT molecular complexity index is 2100. The van der Waals surface area contributed by atoms with Crippen molar-refractivity contribution in [3.63, 3.8) is 0 Å². The van der Waals surface area contributed by atoms with Crippen LogP contribution in [-0.2, 0) is 15.9 Å². The molecule has 2 aromatic heterocycles. The summed E-state index contributed by atoms with van der Waals surface area (Å²) >= 11 is 0. The van der Waals surface area contributed by atoms with Crippen LogP contribution in [0, 0.1) is 22.5 Å². The van der Waals surface area contributed by atoms with E-state index in [0.29, 0.717) is 52.7 Å². The zero-order valence-corrected chi connectivity index (χ0v) is 31.7. The highest BCUT2D eigenvalue weighted by molar-refractivity contribution is 6.01. The molecule has 9 rings (SSSR count). The Hall–Kier alpha value is -3.75. The summed E-state index contributed by atoms with van der Waals surface area (Å²) in [7, 11) is 0. The number of hydrogen-bond donors (Lipinski definition) is 3. The van der Waals surface area contributed by atoms with Crippen molar-refractivity contribution in [2.45, 2.75) is 95.4 Å². The minimum absolute atomic E-state index is 0.00565. The van der Waals surface area contributed by atoms with E-state index >= 15 is 8.78 Å². The Kier molecular flexibility index (Phi) is 9.39. The van der Waals surface area contributed by atoms with Gasteiger partial charge in [0.15, 0.2) is 5.82 Å².